The van der Waals surface area contributed by atoms with Crippen LogP contribution in [0.15, 0.2) is 30.5 Å². The number of pyridine rings is 1. The second-order valence-corrected chi connectivity index (χ2v) is 5.22. The molecule has 2 bridgehead atoms. The van der Waals surface area contributed by atoms with E-state index in [9.17, 15) is 0 Å². The number of rotatable bonds is 1. The Morgan fingerprint density at radius 2 is 2.25 bits per heavy atom. The van der Waals surface area contributed by atoms with Crippen molar-refractivity contribution in [2.45, 2.75) is 18.4 Å². The number of aromatic nitrogens is 1. The van der Waals surface area contributed by atoms with E-state index in [0.717, 1.165) is 0 Å². The van der Waals surface area contributed by atoms with E-state index in [1.54, 1.807) is 0 Å². The van der Waals surface area contributed by atoms with Crippen molar-refractivity contribution in [2.75, 3.05) is 13.6 Å². The maximum atomic E-state index is 5.82. The fourth-order valence-electron chi connectivity index (χ4n) is 2.97. The quantitative estimate of drug-likeness (QED) is 0.549. The topological polar surface area (TPSA) is 16.1 Å². The van der Waals surface area contributed by atoms with Crippen molar-refractivity contribution >= 4 is 11.6 Å². The average Bonchev–Trinajstić information content (AvgIpc) is 2.30. The molecule has 1 aromatic heterocycles. The number of halogens is 1. The van der Waals surface area contributed by atoms with Crippen LogP contribution in [-0.4, -0.2) is 29.5 Å². The van der Waals surface area contributed by atoms with Crippen LogP contribution in [0, 0.1) is 5.92 Å². The second-order valence-electron chi connectivity index (χ2n) is 4.83. The lowest BCUT2D eigenvalue weighted by Gasteiger charge is -2.44. The lowest BCUT2D eigenvalue weighted by Crippen LogP contribution is -2.47. The Hall–Kier alpha value is -0.860. The highest BCUT2D eigenvalue weighted by Crippen LogP contribution is 2.39. The zero-order valence-electron chi connectivity index (χ0n) is 9.31. The number of likely N-dealkylation sites (N-methyl/N-ethyl adjacent to an activating group) is 1. The molecule has 1 aliphatic carbocycles. The highest BCUT2D eigenvalue weighted by Gasteiger charge is 2.36. The van der Waals surface area contributed by atoms with Gasteiger partial charge in [-0.05, 0) is 31.0 Å². The zero-order valence-corrected chi connectivity index (χ0v) is 10.1. The first-order valence-corrected chi connectivity index (χ1v) is 6.12. The zero-order chi connectivity index (χ0) is 11.1. The molecule has 0 saturated carbocycles. The minimum atomic E-state index is 0.535. The summed E-state index contributed by atoms with van der Waals surface area (Å²) in [5.74, 6) is 1.29. The van der Waals surface area contributed by atoms with E-state index in [1.165, 1.54) is 18.5 Å². The van der Waals surface area contributed by atoms with Gasteiger partial charge in [-0.1, -0.05) is 29.8 Å². The summed E-state index contributed by atoms with van der Waals surface area (Å²) in [5, 5.41) is 0.577. The molecule has 1 saturated heterocycles. The molecule has 0 radical (unpaired) electrons. The molecule has 1 aromatic rings. The maximum absolute atomic E-state index is 5.82. The minimum Gasteiger partial charge on any atom is -0.299 e. The van der Waals surface area contributed by atoms with Crippen LogP contribution in [-0.2, 0) is 0 Å². The van der Waals surface area contributed by atoms with Gasteiger partial charge in [-0.2, -0.15) is 0 Å². The van der Waals surface area contributed by atoms with Crippen LogP contribution >= 0.6 is 11.6 Å². The van der Waals surface area contributed by atoms with Gasteiger partial charge in [0.05, 0.1) is 0 Å². The molecule has 3 aliphatic rings. The SMILES string of the molecule is CN1CC2C=CC1C(c1ccc(Cl)nc1)C2. The normalized spacial score (nSPS) is 33.2. The number of hydrogen-bond donors (Lipinski definition) is 0. The van der Waals surface area contributed by atoms with Crippen LogP contribution in [0.2, 0.25) is 5.15 Å². The van der Waals surface area contributed by atoms with Crippen LogP contribution in [0.5, 0.6) is 0 Å². The number of nitrogens with zero attached hydrogens (tertiary/aromatic N) is 2. The minimum absolute atomic E-state index is 0.535. The fourth-order valence-corrected chi connectivity index (χ4v) is 3.08. The summed E-state index contributed by atoms with van der Waals surface area (Å²) in [5.41, 5.74) is 1.32. The highest BCUT2D eigenvalue weighted by atomic mass is 35.5. The molecule has 84 valence electrons. The summed E-state index contributed by atoms with van der Waals surface area (Å²) < 4.78 is 0. The predicted octanol–water partition coefficient (Wildman–Crippen LogP) is 2.71. The Morgan fingerprint density at radius 3 is 2.88 bits per heavy atom. The third-order valence-corrected chi connectivity index (χ3v) is 3.98. The summed E-state index contributed by atoms with van der Waals surface area (Å²) in [6.45, 7) is 1.19. The standard InChI is InChI=1S/C13H15ClN2/c1-16-8-9-2-4-12(16)11(6-9)10-3-5-13(14)15-7-10/h2-5,7,9,11-12H,6,8H2,1H3. The van der Waals surface area contributed by atoms with Gasteiger partial charge in [0, 0.05) is 24.7 Å². The average molecular weight is 235 g/mol. The maximum Gasteiger partial charge on any atom is 0.129 e. The monoisotopic (exact) mass is 234 g/mol. The van der Waals surface area contributed by atoms with Gasteiger partial charge in [-0.15, -0.1) is 0 Å². The molecule has 3 atom stereocenters. The van der Waals surface area contributed by atoms with Crippen molar-refractivity contribution in [1.82, 2.24) is 9.88 Å². The van der Waals surface area contributed by atoms with Gasteiger partial charge < -0.3 is 0 Å². The van der Waals surface area contributed by atoms with Gasteiger partial charge >= 0.3 is 0 Å². The molecule has 3 heterocycles. The highest BCUT2D eigenvalue weighted by molar-refractivity contribution is 6.29. The molecule has 1 fully saturated rings. The van der Waals surface area contributed by atoms with Crippen LogP contribution in [0.3, 0.4) is 0 Å². The smallest absolute Gasteiger partial charge is 0.129 e. The van der Waals surface area contributed by atoms with Gasteiger partial charge in [0.15, 0.2) is 0 Å². The van der Waals surface area contributed by atoms with Crippen LogP contribution in [0.1, 0.15) is 17.9 Å². The lowest BCUT2D eigenvalue weighted by molar-refractivity contribution is 0.147. The largest absolute Gasteiger partial charge is 0.299 e. The Labute approximate surface area is 101 Å². The van der Waals surface area contributed by atoms with Gasteiger partial charge in [0.25, 0.3) is 0 Å². The molecule has 0 N–H and O–H groups in total. The summed E-state index contributed by atoms with van der Waals surface area (Å²) in [6.07, 6.45) is 7.88. The van der Waals surface area contributed by atoms with Crippen molar-refractivity contribution < 1.29 is 0 Å². The number of fused-ring (bicyclic) bond motifs is 2. The van der Waals surface area contributed by atoms with E-state index in [-0.39, 0.29) is 0 Å². The first kappa shape index (κ1) is 10.3. The van der Waals surface area contributed by atoms with E-state index in [4.69, 9.17) is 11.6 Å². The van der Waals surface area contributed by atoms with E-state index < -0.39 is 0 Å². The molecular formula is C13H15ClN2. The number of hydrogen-bond acceptors (Lipinski definition) is 2. The summed E-state index contributed by atoms with van der Waals surface area (Å²) in [6, 6.07) is 4.54. The van der Waals surface area contributed by atoms with E-state index >= 15 is 0 Å². The molecule has 2 aliphatic heterocycles. The van der Waals surface area contributed by atoms with Crippen molar-refractivity contribution in [1.29, 1.82) is 0 Å². The molecular weight excluding hydrogens is 220 g/mol. The molecule has 0 spiro atoms. The van der Waals surface area contributed by atoms with Gasteiger partial charge in [-0.25, -0.2) is 4.98 Å². The summed E-state index contributed by atoms with van der Waals surface area (Å²) >= 11 is 5.82. The Morgan fingerprint density at radius 1 is 1.38 bits per heavy atom. The molecule has 3 heteroatoms. The third kappa shape index (κ3) is 1.66. The first-order chi connectivity index (χ1) is 7.74. The van der Waals surface area contributed by atoms with Crippen molar-refractivity contribution in [3.05, 3.63) is 41.2 Å². The molecule has 0 aromatic carbocycles. The summed E-state index contributed by atoms with van der Waals surface area (Å²) in [4.78, 5) is 6.62. The molecule has 16 heavy (non-hydrogen) atoms. The lowest BCUT2D eigenvalue weighted by atomic mass is 9.75. The van der Waals surface area contributed by atoms with E-state index in [1.807, 2.05) is 12.3 Å². The Kier molecular flexibility index (Phi) is 2.49. The van der Waals surface area contributed by atoms with E-state index in [0.29, 0.717) is 23.0 Å². The third-order valence-electron chi connectivity index (χ3n) is 3.76. The van der Waals surface area contributed by atoms with Crippen molar-refractivity contribution in [3.63, 3.8) is 0 Å². The van der Waals surface area contributed by atoms with E-state index in [2.05, 4.69) is 35.1 Å². The van der Waals surface area contributed by atoms with Gasteiger partial charge in [-0.3, -0.25) is 4.90 Å². The van der Waals surface area contributed by atoms with Gasteiger partial charge in [0.1, 0.15) is 5.15 Å². The van der Waals surface area contributed by atoms with Crippen LogP contribution < -0.4 is 0 Å². The van der Waals surface area contributed by atoms with Gasteiger partial charge in [0.2, 0.25) is 0 Å². The Balaban J connectivity index is 1.91. The van der Waals surface area contributed by atoms with Crippen molar-refractivity contribution in [3.8, 4) is 0 Å². The Bertz CT molecular complexity index is 412. The first-order valence-electron chi connectivity index (χ1n) is 5.74. The molecule has 0 amide bonds. The van der Waals surface area contributed by atoms with Crippen LogP contribution in [0.4, 0.5) is 0 Å². The fraction of sp³-hybridized carbons (Fsp3) is 0.462. The van der Waals surface area contributed by atoms with Crippen LogP contribution in [0.25, 0.3) is 0 Å². The molecule has 3 unspecified atom stereocenters. The predicted molar refractivity (Wildman–Crippen MR) is 65.7 cm³/mol. The second kappa shape index (κ2) is 3.86. The van der Waals surface area contributed by atoms with Crippen molar-refractivity contribution in [2.24, 2.45) is 5.92 Å². The summed E-state index contributed by atoms with van der Waals surface area (Å²) in [7, 11) is 2.21. The molecule has 4 rings (SSSR count). The number of piperidine rings is 1. The molecule has 2 nitrogen and oxygen atoms in total.